The first kappa shape index (κ1) is 14.0. The second kappa shape index (κ2) is 5.20. The van der Waals surface area contributed by atoms with Crippen LogP contribution in [0.25, 0.3) is 22.1 Å². The van der Waals surface area contributed by atoms with Crippen LogP contribution in [0.5, 0.6) is 0 Å². The van der Waals surface area contributed by atoms with Crippen molar-refractivity contribution in [2.24, 2.45) is 0 Å². The summed E-state index contributed by atoms with van der Waals surface area (Å²) in [4.78, 5) is 14.7. The van der Waals surface area contributed by atoms with E-state index in [1.54, 1.807) is 0 Å². The Morgan fingerprint density at radius 3 is 1.61 bits per heavy atom. The molecule has 0 fully saturated rings. The largest absolute Gasteiger partial charge is 0.341 e. The lowest BCUT2D eigenvalue weighted by molar-refractivity contribution is 0.592. The Balaban J connectivity index is 1.59. The monoisotopic (exact) mass is 326 g/mol. The Hall–Kier alpha value is -2.67. The van der Waals surface area contributed by atoms with Crippen molar-refractivity contribution >= 4 is 31.9 Å². The van der Waals surface area contributed by atoms with Crippen molar-refractivity contribution in [3.63, 3.8) is 0 Å². The number of nitrogens with zero attached hydrogens (tertiary/aromatic N) is 2. The quantitative estimate of drug-likeness (QED) is 0.603. The van der Waals surface area contributed by atoms with Crippen LogP contribution in [0.2, 0.25) is 0 Å². The van der Waals surface area contributed by atoms with E-state index < -0.39 is 9.84 Å². The molecule has 0 aliphatic rings. The molecule has 2 aromatic carbocycles. The molecule has 0 atom stereocenters. The van der Waals surface area contributed by atoms with Crippen LogP contribution < -0.4 is 0 Å². The van der Waals surface area contributed by atoms with E-state index >= 15 is 0 Å². The Kier molecular flexibility index (Phi) is 3.16. The molecular formula is C16H14N4O2S. The minimum Gasteiger partial charge on any atom is -0.341 e. The lowest BCUT2D eigenvalue weighted by Crippen LogP contribution is -2.09. The van der Waals surface area contributed by atoms with E-state index in [1.165, 1.54) is 0 Å². The van der Waals surface area contributed by atoms with Gasteiger partial charge in [0, 0.05) is 0 Å². The van der Waals surface area contributed by atoms with Gasteiger partial charge in [-0.2, -0.15) is 0 Å². The molecule has 4 aromatic rings. The maximum Gasteiger partial charge on any atom is 0.164 e. The normalized spacial score (nSPS) is 12.2. The van der Waals surface area contributed by atoms with Crippen LogP contribution in [-0.2, 0) is 21.3 Å². The van der Waals surface area contributed by atoms with Crippen LogP contribution in [0.3, 0.4) is 0 Å². The zero-order valence-electron chi connectivity index (χ0n) is 12.2. The summed E-state index contributed by atoms with van der Waals surface area (Å²) < 4.78 is 24.8. The number of para-hydroxylation sites is 4. The second-order valence-corrected chi connectivity index (χ2v) is 7.50. The summed E-state index contributed by atoms with van der Waals surface area (Å²) in [5, 5.41) is 0. The molecule has 0 unspecified atom stereocenters. The molecule has 0 spiro atoms. The third kappa shape index (κ3) is 2.83. The molecule has 2 heterocycles. The Bertz CT molecular complexity index is 947. The molecule has 0 saturated carbocycles. The fourth-order valence-electron chi connectivity index (χ4n) is 2.62. The Morgan fingerprint density at radius 2 is 1.17 bits per heavy atom. The molecule has 0 amide bonds. The standard InChI is InChI=1S/C16H14N4O2S/c21-23(22,9-15-17-11-5-1-2-6-12(11)18-15)10-16-19-13-7-3-4-8-14(13)20-16/h1-8H,9-10H2,(H,17,18)(H,19,20). The summed E-state index contributed by atoms with van der Waals surface area (Å²) in [6, 6.07) is 14.9. The lowest BCUT2D eigenvalue weighted by Gasteiger charge is -1.99. The highest BCUT2D eigenvalue weighted by atomic mass is 32.2. The summed E-state index contributed by atoms with van der Waals surface area (Å²) in [7, 11) is -3.37. The molecule has 0 aliphatic carbocycles. The van der Waals surface area contributed by atoms with Gasteiger partial charge in [0.2, 0.25) is 0 Å². The predicted molar refractivity (Wildman–Crippen MR) is 88.5 cm³/mol. The second-order valence-electron chi connectivity index (χ2n) is 5.43. The summed E-state index contributed by atoms with van der Waals surface area (Å²) in [6.07, 6.45) is 0. The summed E-state index contributed by atoms with van der Waals surface area (Å²) in [6.45, 7) is 0. The molecular weight excluding hydrogens is 312 g/mol. The van der Waals surface area contributed by atoms with E-state index in [4.69, 9.17) is 0 Å². The van der Waals surface area contributed by atoms with E-state index in [0.29, 0.717) is 11.6 Å². The van der Waals surface area contributed by atoms with Crippen molar-refractivity contribution in [2.75, 3.05) is 0 Å². The zero-order chi connectivity index (χ0) is 15.9. The van der Waals surface area contributed by atoms with Gasteiger partial charge in [0.1, 0.15) is 23.2 Å². The molecule has 116 valence electrons. The third-order valence-corrected chi connectivity index (χ3v) is 5.02. The number of sulfone groups is 1. The molecule has 2 aromatic heterocycles. The van der Waals surface area contributed by atoms with E-state index in [9.17, 15) is 8.42 Å². The first-order valence-electron chi connectivity index (χ1n) is 7.17. The van der Waals surface area contributed by atoms with E-state index in [1.807, 2.05) is 48.5 Å². The minimum absolute atomic E-state index is 0.140. The summed E-state index contributed by atoms with van der Waals surface area (Å²) in [5.41, 5.74) is 3.20. The number of aromatic amines is 2. The van der Waals surface area contributed by atoms with Gasteiger partial charge in [0.25, 0.3) is 0 Å². The van der Waals surface area contributed by atoms with Crippen molar-refractivity contribution in [3.05, 3.63) is 60.2 Å². The van der Waals surface area contributed by atoms with Crippen LogP contribution in [0.15, 0.2) is 48.5 Å². The number of fused-ring (bicyclic) bond motifs is 2. The van der Waals surface area contributed by atoms with Crippen LogP contribution in [-0.4, -0.2) is 28.4 Å². The smallest absolute Gasteiger partial charge is 0.164 e. The number of aromatic nitrogens is 4. The molecule has 4 rings (SSSR count). The van der Waals surface area contributed by atoms with E-state index in [-0.39, 0.29) is 11.5 Å². The van der Waals surface area contributed by atoms with Gasteiger partial charge < -0.3 is 9.97 Å². The van der Waals surface area contributed by atoms with Crippen LogP contribution in [0.1, 0.15) is 11.6 Å². The molecule has 0 aliphatic heterocycles. The molecule has 7 heteroatoms. The zero-order valence-corrected chi connectivity index (χ0v) is 13.0. The van der Waals surface area contributed by atoms with E-state index in [2.05, 4.69) is 19.9 Å². The van der Waals surface area contributed by atoms with Crippen LogP contribution >= 0.6 is 0 Å². The number of benzene rings is 2. The summed E-state index contributed by atoms with van der Waals surface area (Å²) in [5.74, 6) is 0.613. The van der Waals surface area contributed by atoms with Crippen LogP contribution in [0, 0.1) is 0 Å². The average Bonchev–Trinajstić information content (AvgIpc) is 3.07. The van der Waals surface area contributed by atoms with E-state index in [0.717, 1.165) is 22.1 Å². The average molecular weight is 326 g/mol. The molecule has 0 radical (unpaired) electrons. The van der Waals surface area contributed by atoms with Gasteiger partial charge in [-0.1, -0.05) is 24.3 Å². The molecule has 23 heavy (non-hydrogen) atoms. The molecule has 6 nitrogen and oxygen atoms in total. The highest BCUT2D eigenvalue weighted by molar-refractivity contribution is 7.89. The Labute approximate surface area is 132 Å². The third-order valence-electron chi connectivity index (χ3n) is 3.59. The number of hydrogen-bond acceptors (Lipinski definition) is 4. The van der Waals surface area contributed by atoms with Gasteiger partial charge in [-0.15, -0.1) is 0 Å². The first-order chi connectivity index (χ1) is 11.1. The summed E-state index contributed by atoms with van der Waals surface area (Å²) >= 11 is 0. The fourth-order valence-corrected chi connectivity index (χ4v) is 3.82. The topological polar surface area (TPSA) is 91.5 Å². The Morgan fingerprint density at radius 1 is 0.739 bits per heavy atom. The highest BCUT2D eigenvalue weighted by Gasteiger charge is 2.18. The van der Waals surface area contributed by atoms with Gasteiger partial charge >= 0.3 is 0 Å². The maximum atomic E-state index is 12.4. The molecule has 2 N–H and O–H groups in total. The molecule has 0 bridgehead atoms. The number of H-pyrrole nitrogens is 2. The van der Waals surface area contributed by atoms with Crippen molar-refractivity contribution in [3.8, 4) is 0 Å². The van der Waals surface area contributed by atoms with Crippen molar-refractivity contribution < 1.29 is 8.42 Å². The van der Waals surface area contributed by atoms with Crippen molar-refractivity contribution in [1.82, 2.24) is 19.9 Å². The number of imidazole rings is 2. The van der Waals surface area contributed by atoms with Gasteiger partial charge in [-0.05, 0) is 24.3 Å². The number of rotatable bonds is 4. The number of nitrogens with one attached hydrogen (secondary N) is 2. The predicted octanol–water partition coefficient (Wildman–Crippen LogP) is 2.55. The van der Waals surface area contributed by atoms with Crippen molar-refractivity contribution in [1.29, 1.82) is 0 Å². The first-order valence-corrected chi connectivity index (χ1v) is 8.99. The van der Waals surface area contributed by atoms with Crippen molar-refractivity contribution in [2.45, 2.75) is 11.5 Å². The maximum absolute atomic E-state index is 12.4. The molecule has 0 saturated heterocycles. The van der Waals surface area contributed by atoms with Crippen LogP contribution in [0.4, 0.5) is 0 Å². The fraction of sp³-hybridized carbons (Fsp3) is 0.125. The highest BCUT2D eigenvalue weighted by Crippen LogP contribution is 2.16. The van der Waals surface area contributed by atoms with Gasteiger partial charge in [-0.25, -0.2) is 18.4 Å². The van der Waals surface area contributed by atoms with Gasteiger partial charge in [0.05, 0.1) is 22.1 Å². The van der Waals surface area contributed by atoms with Gasteiger partial charge in [0.15, 0.2) is 9.84 Å². The number of hydrogen-bond donors (Lipinski definition) is 2. The minimum atomic E-state index is -3.37. The van der Waals surface area contributed by atoms with Gasteiger partial charge in [-0.3, -0.25) is 0 Å². The SMILES string of the molecule is O=S(=O)(Cc1nc2ccccc2[nH]1)Cc1nc2ccccc2[nH]1. The lowest BCUT2D eigenvalue weighted by atomic mass is 10.3.